The maximum Gasteiger partial charge on any atom is 0.219 e. The van der Waals surface area contributed by atoms with Gasteiger partial charge < -0.3 is 14.7 Å². The zero-order valence-corrected chi connectivity index (χ0v) is 28.3. The third-order valence-corrected chi connectivity index (χ3v) is 9.74. The molecule has 1 saturated carbocycles. The first-order valence-electron chi connectivity index (χ1n) is 16.8. The van der Waals surface area contributed by atoms with Gasteiger partial charge in [0.15, 0.2) is 0 Å². The zero-order valence-electron chi connectivity index (χ0n) is 28.3. The van der Waals surface area contributed by atoms with Gasteiger partial charge in [0.2, 0.25) is 5.88 Å². The number of aliphatic imine (C=N–C) groups is 1. The molecule has 1 N–H and O–H groups in total. The molecule has 1 aliphatic heterocycles. The van der Waals surface area contributed by atoms with Crippen LogP contribution in [0.15, 0.2) is 71.7 Å². The lowest BCUT2D eigenvalue weighted by molar-refractivity contribution is 0.298. The predicted molar refractivity (Wildman–Crippen MR) is 187 cm³/mol. The summed E-state index contributed by atoms with van der Waals surface area (Å²) in [5, 5.41) is 11.2. The van der Waals surface area contributed by atoms with Gasteiger partial charge in [-0.1, -0.05) is 98.2 Å². The van der Waals surface area contributed by atoms with Crippen LogP contribution in [0.3, 0.4) is 0 Å². The smallest absolute Gasteiger partial charge is 0.219 e. The molecule has 1 fully saturated rings. The van der Waals surface area contributed by atoms with Crippen LogP contribution in [0.5, 0.6) is 17.4 Å². The number of phenols is 1. The van der Waals surface area contributed by atoms with Crippen LogP contribution in [0.1, 0.15) is 121 Å². The van der Waals surface area contributed by atoms with Gasteiger partial charge in [-0.15, -0.1) is 0 Å². The topological polar surface area (TPSA) is 58.0 Å². The first-order valence-corrected chi connectivity index (χ1v) is 16.8. The van der Waals surface area contributed by atoms with Crippen molar-refractivity contribution in [3.63, 3.8) is 0 Å². The highest BCUT2D eigenvalue weighted by molar-refractivity contribution is 6.13. The first-order chi connectivity index (χ1) is 21.4. The second-order valence-corrected chi connectivity index (χ2v) is 14.9. The van der Waals surface area contributed by atoms with E-state index in [2.05, 4.69) is 95.6 Å². The van der Waals surface area contributed by atoms with E-state index in [9.17, 15) is 5.11 Å². The number of phenolic OH excluding ortho intramolecular Hbond substituents is 1. The summed E-state index contributed by atoms with van der Waals surface area (Å²) in [7, 11) is 0. The van der Waals surface area contributed by atoms with Gasteiger partial charge in [-0.2, -0.15) is 0 Å². The van der Waals surface area contributed by atoms with Crippen molar-refractivity contribution in [3.8, 4) is 17.4 Å². The molecule has 5 nitrogen and oxygen atoms in total. The fourth-order valence-corrected chi connectivity index (χ4v) is 7.27. The van der Waals surface area contributed by atoms with Gasteiger partial charge in [0.05, 0.1) is 12.1 Å². The van der Waals surface area contributed by atoms with Gasteiger partial charge in [-0.25, -0.2) is 4.98 Å². The van der Waals surface area contributed by atoms with E-state index in [1.807, 2.05) is 30.3 Å². The fourth-order valence-electron chi connectivity index (χ4n) is 7.27. The number of ether oxygens (including phenoxy) is 1. The number of hydrogen-bond donors (Lipinski definition) is 1. The van der Waals surface area contributed by atoms with Crippen LogP contribution in [-0.4, -0.2) is 28.0 Å². The number of rotatable bonds is 7. The molecule has 6 rings (SSSR count). The van der Waals surface area contributed by atoms with Crippen LogP contribution in [-0.2, 0) is 0 Å². The third kappa shape index (κ3) is 6.19. The number of anilines is 1. The molecular weight excluding hydrogens is 554 g/mol. The van der Waals surface area contributed by atoms with Gasteiger partial charge in [0.1, 0.15) is 22.9 Å². The average molecular weight is 604 g/mol. The Hall–Kier alpha value is -3.86. The molecule has 0 saturated heterocycles. The van der Waals surface area contributed by atoms with E-state index in [4.69, 9.17) is 9.73 Å². The summed E-state index contributed by atoms with van der Waals surface area (Å²) in [6.45, 7) is 18.7. The molecule has 5 heteroatoms. The molecule has 1 aromatic heterocycles. The number of pyridine rings is 1. The molecule has 45 heavy (non-hydrogen) atoms. The van der Waals surface area contributed by atoms with Gasteiger partial charge in [-0.05, 0) is 83.4 Å². The molecule has 3 aromatic carbocycles. The molecule has 1 aliphatic carbocycles. The molecule has 0 bridgehead atoms. The summed E-state index contributed by atoms with van der Waals surface area (Å²) in [6, 6.07) is 23.0. The Kier molecular flexibility index (Phi) is 8.41. The van der Waals surface area contributed by atoms with E-state index in [1.54, 1.807) is 6.07 Å². The van der Waals surface area contributed by atoms with Gasteiger partial charge >= 0.3 is 0 Å². The Labute approximate surface area is 269 Å². The summed E-state index contributed by atoms with van der Waals surface area (Å²) >= 11 is 0. The Morgan fingerprint density at radius 3 is 2.27 bits per heavy atom. The minimum Gasteiger partial charge on any atom is -0.506 e. The van der Waals surface area contributed by atoms with Gasteiger partial charge in [0, 0.05) is 22.7 Å². The summed E-state index contributed by atoms with van der Waals surface area (Å²) in [5.41, 5.74) is 7.43. The Bertz CT molecular complexity index is 1710. The largest absolute Gasteiger partial charge is 0.506 e. The lowest BCUT2D eigenvalue weighted by atomic mass is 9.83. The average Bonchev–Trinajstić information content (AvgIpc) is 3.25. The summed E-state index contributed by atoms with van der Waals surface area (Å²) in [5.74, 6) is 3.56. The fraction of sp³-hybridized carbons (Fsp3) is 0.450. The van der Waals surface area contributed by atoms with E-state index in [1.165, 1.54) is 35.2 Å². The van der Waals surface area contributed by atoms with Crippen LogP contribution < -0.4 is 9.64 Å². The van der Waals surface area contributed by atoms with Crippen molar-refractivity contribution < 1.29 is 9.84 Å². The first kappa shape index (κ1) is 31.1. The van der Waals surface area contributed by atoms with Crippen LogP contribution in [0.4, 0.5) is 5.69 Å². The molecule has 0 spiro atoms. The monoisotopic (exact) mass is 603 g/mol. The van der Waals surface area contributed by atoms with Crippen molar-refractivity contribution in [1.29, 1.82) is 0 Å². The van der Waals surface area contributed by atoms with Crippen molar-refractivity contribution in [2.45, 2.75) is 111 Å². The zero-order chi connectivity index (χ0) is 32.0. The Morgan fingerprint density at radius 2 is 1.58 bits per heavy atom. The SMILES string of the molecule is CC(C)c1cc(C(C)C)c(N2C(c3cccc(Oc4ccc5cccc(O)c5n4)c3)=N[C@H]3CC(C)(C)CCC[C@H]32)c(C(C)C)c1. The summed E-state index contributed by atoms with van der Waals surface area (Å²) in [4.78, 5) is 12.8. The van der Waals surface area contributed by atoms with E-state index < -0.39 is 0 Å². The number of amidine groups is 1. The molecule has 2 heterocycles. The molecule has 2 atom stereocenters. The van der Waals surface area contributed by atoms with Crippen LogP contribution >= 0.6 is 0 Å². The second-order valence-electron chi connectivity index (χ2n) is 14.9. The molecular formula is C40H49N3O2. The van der Waals surface area contributed by atoms with Crippen molar-refractivity contribution in [3.05, 3.63) is 89.0 Å². The minimum absolute atomic E-state index is 0.148. The Balaban J connectivity index is 1.47. The van der Waals surface area contributed by atoms with E-state index >= 15 is 0 Å². The highest BCUT2D eigenvalue weighted by atomic mass is 16.5. The third-order valence-electron chi connectivity index (χ3n) is 9.74. The molecule has 2 aliphatic rings. The lowest BCUT2D eigenvalue weighted by Gasteiger charge is -2.36. The number of hydrogen-bond acceptors (Lipinski definition) is 5. The Morgan fingerprint density at radius 1 is 0.867 bits per heavy atom. The number of fused-ring (bicyclic) bond motifs is 2. The summed E-state index contributed by atoms with van der Waals surface area (Å²) in [6.07, 6.45) is 4.64. The lowest BCUT2D eigenvalue weighted by Crippen LogP contribution is -2.41. The van der Waals surface area contributed by atoms with Crippen molar-refractivity contribution in [2.24, 2.45) is 10.4 Å². The molecule has 4 aromatic rings. The second kappa shape index (κ2) is 12.2. The number of aromatic nitrogens is 1. The van der Waals surface area contributed by atoms with Crippen LogP contribution in [0.25, 0.3) is 10.9 Å². The normalized spacial score (nSPS) is 19.7. The van der Waals surface area contributed by atoms with E-state index in [0.29, 0.717) is 40.9 Å². The number of benzene rings is 3. The van der Waals surface area contributed by atoms with Gasteiger partial charge in [-0.3, -0.25) is 4.99 Å². The van der Waals surface area contributed by atoms with Crippen molar-refractivity contribution in [1.82, 2.24) is 4.98 Å². The highest BCUT2D eigenvalue weighted by Crippen LogP contribution is 2.46. The quantitative estimate of drug-likeness (QED) is 0.228. The van der Waals surface area contributed by atoms with Gasteiger partial charge in [0.25, 0.3) is 0 Å². The standard InChI is InChI=1S/C40H49N3O2/c1-24(2)29-21-31(25(3)4)38(32(22-29)26(5)6)43-34-15-11-19-40(7,8)23-33(34)41-39(43)28-13-9-14-30(20-28)45-36-18-17-27-12-10-16-35(44)37(27)42-36/h9-10,12-14,16-18,20-22,24-26,33-34,44H,11,15,19,23H2,1-8H3/t33-,34+/m0/s1. The number of para-hydroxylation sites is 1. The number of aromatic hydroxyl groups is 1. The maximum absolute atomic E-state index is 10.4. The van der Waals surface area contributed by atoms with Crippen molar-refractivity contribution >= 4 is 22.4 Å². The minimum atomic E-state index is 0.148. The number of nitrogens with zero attached hydrogens (tertiary/aromatic N) is 3. The molecule has 0 radical (unpaired) electrons. The molecule has 0 amide bonds. The maximum atomic E-state index is 10.4. The predicted octanol–water partition coefficient (Wildman–Crippen LogP) is 10.7. The van der Waals surface area contributed by atoms with Crippen molar-refractivity contribution in [2.75, 3.05) is 4.90 Å². The molecule has 236 valence electrons. The van der Waals surface area contributed by atoms with Crippen LogP contribution in [0, 0.1) is 5.41 Å². The van der Waals surface area contributed by atoms with Crippen LogP contribution in [0.2, 0.25) is 0 Å². The summed E-state index contributed by atoms with van der Waals surface area (Å²) < 4.78 is 6.32. The molecule has 0 unspecified atom stereocenters. The van der Waals surface area contributed by atoms with E-state index in [-0.39, 0.29) is 17.2 Å². The van der Waals surface area contributed by atoms with E-state index in [0.717, 1.165) is 29.6 Å². The highest BCUT2D eigenvalue weighted by Gasteiger charge is 2.43.